The first-order valence-corrected chi connectivity index (χ1v) is 11.4. The molecule has 1 rings (SSSR count). The third-order valence-electron chi connectivity index (χ3n) is 5.35. The molecular formula is C23H45N2+. The van der Waals surface area contributed by atoms with Gasteiger partial charge in [0.05, 0.1) is 13.1 Å². The van der Waals surface area contributed by atoms with E-state index in [1.54, 1.807) is 5.82 Å². The minimum Gasteiger partial charge on any atom is -0.234 e. The van der Waals surface area contributed by atoms with E-state index in [-0.39, 0.29) is 0 Å². The zero-order valence-corrected chi connectivity index (χ0v) is 17.6. The molecule has 25 heavy (non-hydrogen) atoms. The molecule has 0 saturated carbocycles. The summed E-state index contributed by atoms with van der Waals surface area (Å²) in [4.78, 5) is 0. The molecule has 2 nitrogen and oxygen atoms in total. The Morgan fingerprint density at radius 1 is 0.680 bits per heavy atom. The van der Waals surface area contributed by atoms with Crippen LogP contribution in [0.3, 0.4) is 0 Å². The topological polar surface area (TPSA) is 8.81 Å². The Hall–Kier alpha value is -0.790. The number of hydrogen-bond acceptors (Lipinski definition) is 0. The van der Waals surface area contributed by atoms with Gasteiger partial charge in [0, 0.05) is 6.42 Å². The Bertz CT molecular complexity index is 408. The van der Waals surface area contributed by atoms with Crippen LogP contribution in [-0.2, 0) is 19.5 Å². The van der Waals surface area contributed by atoms with Gasteiger partial charge in [-0.25, -0.2) is 9.13 Å². The first-order chi connectivity index (χ1) is 12.3. The van der Waals surface area contributed by atoms with Crippen molar-refractivity contribution in [2.24, 2.45) is 0 Å². The van der Waals surface area contributed by atoms with Crippen molar-refractivity contribution < 1.29 is 4.57 Å². The molecule has 0 amide bonds. The molecule has 146 valence electrons. The Kier molecular flexibility index (Phi) is 13.8. The van der Waals surface area contributed by atoms with Crippen molar-refractivity contribution in [1.29, 1.82) is 0 Å². The van der Waals surface area contributed by atoms with Crippen LogP contribution >= 0.6 is 0 Å². The number of unbranched alkanes of at least 4 members (excludes halogenated alkanes) is 11. The van der Waals surface area contributed by atoms with Crippen LogP contribution in [0, 0.1) is 0 Å². The van der Waals surface area contributed by atoms with Crippen molar-refractivity contribution >= 4 is 0 Å². The largest absolute Gasteiger partial charge is 0.256 e. The summed E-state index contributed by atoms with van der Waals surface area (Å²) in [6.07, 6.45) is 25.2. The summed E-state index contributed by atoms with van der Waals surface area (Å²) in [5.74, 6) is 1.58. The van der Waals surface area contributed by atoms with Gasteiger partial charge in [-0.2, -0.15) is 0 Å². The van der Waals surface area contributed by atoms with Gasteiger partial charge in [0.25, 0.3) is 5.82 Å². The van der Waals surface area contributed by atoms with Gasteiger partial charge < -0.3 is 0 Å². The Morgan fingerprint density at radius 3 is 1.88 bits per heavy atom. The summed E-state index contributed by atoms with van der Waals surface area (Å²) in [5, 5.41) is 0. The third kappa shape index (κ3) is 10.1. The van der Waals surface area contributed by atoms with Crippen molar-refractivity contribution in [1.82, 2.24) is 4.57 Å². The molecule has 0 unspecified atom stereocenters. The number of aromatic nitrogens is 2. The van der Waals surface area contributed by atoms with E-state index >= 15 is 0 Å². The molecule has 2 heteroatoms. The van der Waals surface area contributed by atoms with E-state index in [0.717, 1.165) is 0 Å². The van der Waals surface area contributed by atoms with Gasteiger partial charge in [0.15, 0.2) is 0 Å². The fourth-order valence-electron chi connectivity index (χ4n) is 3.65. The summed E-state index contributed by atoms with van der Waals surface area (Å²) in [5.41, 5.74) is 0. The molecule has 0 aliphatic heterocycles. The van der Waals surface area contributed by atoms with Crippen molar-refractivity contribution in [2.45, 2.75) is 130 Å². The predicted octanol–water partition coefficient (Wildman–Crippen LogP) is 6.84. The van der Waals surface area contributed by atoms with Gasteiger partial charge in [0.2, 0.25) is 0 Å². The maximum Gasteiger partial charge on any atom is 0.256 e. The average Bonchev–Trinajstić information content (AvgIpc) is 3.01. The molecule has 0 atom stereocenters. The van der Waals surface area contributed by atoms with Crippen LogP contribution in [0.4, 0.5) is 0 Å². The maximum absolute atomic E-state index is 2.55. The molecule has 0 aliphatic rings. The summed E-state index contributed by atoms with van der Waals surface area (Å²) in [7, 11) is 0. The highest BCUT2D eigenvalue weighted by atomic mass is 15.1. The zero-order chi connectivity index (χ0) is 18.2. The lowest BCUT2D eigenvalue weighted by molar-refractivity contribution is -0.704. The van der Waals surface area contributed by atoms with Crippen LogP contribution in [0.5, 0.6) is 0 Å². The molecule has 0 spiro atoms. The van der Waals surface area contributed by atoms with Crippen molar-refractivity contribution in [2.75, 3.05) is 0 Å². The highest BCUT2D eigenvalue weighted by Crippen LogP contribution is 2.10. The van der Waals surface area contributed by atoms with E-state index in [2.05, 4.69) is 42.3 Å². The SMILES string of the molecule is CCCCCCCCCC[n+]1ccn(CCCC)c1CCCCCC. The lowest BCUT2D eigenvalue weighted by atomic mass is 10.1. The summed E-state index contributed by atoms with van der Waals surface area (Å²) < 4.78 is 5.08. The van der Waals surface area contributed by atoms with Gasteiger partial charge in [-0.05, 0) is 25.7 Å². The molecule has 0 N–H and O–H groups in total. The number of hydrogen-bond donors (Lipinski definition) is 0. The lowest BCUT2D eigenvalue weighted by Crippen LogP contribution is -2.37. The summed E-state index contributed by atoms with van der Waals surface area (Å²) in [6.45, 7) is 9.30. The van der Waals surface area contributed by atoms with E-state index in [1.807, 2.05) is 0 Å². The molecule has 0 radical (unpaired) electrons. The van der Waals surface area contributed by atoms with Crippen LogP contribution in [0.1, 0.15) is 116 Å². The highest BCUT2D eigenvalue weighted by molar-refractivity contribution is 4.84. The summed E-state index contributed by atoms with van der Waals surface area (Å²) in [6, 6.07) is 0. The number of aryl methyl sites for hydroxylation is 2. The Labute approximate surface area is 158 Å². The molecule has 0 saturated heterocycles. The predicted molar refractivity (Wildman–Crippen MR) is 110 cm³/mol. The molecule has 0 bridgehead atoms. The van der Waals surface area contributed by atoms with Crippen LogP contribution in [-0.4, -0.2) is 4.57 Å². The van der Waals surface area contributed by atoms with Gasteiger partial charge in [-0.15, -0.1) is 0 Å². The smallest absolute Gasteiger partial charge is 0.234 e. The molecule has 0 aromatic carbocycles. The highest BCUT2D eigenvalue weighted by Gasteiger charge is 2.16. The van der Waals surface area contributed by atoms with Gasteiger partial charge in [-0.3, -0.25) is 0 Å². The van der Waals surface area contributed by atoms with Crippen molar-refractivity contribution in [3.63, 3.8) is 0 Å². The fourth-order valence-corrected chi connectivity index (χ4v) is 3.65. The third-order valence-corrected chi connectivity index (χ3v) is 5.35. The van der Waals surface area contributed by atoms with Crippen LogP contribution in [0.2, 0.25) is 0 Å². The monoisotopic (exact) mass is 349 g/mol. The van der Waals surface area contributed by atoms with E-state index in [0.29, 0.717) is 0 Å². The zero-order valence-electron chi connectivity index (χ0n) is 17.6. The number of rotatable bonds is 17. The minimum atomic E-state index is 1.20. The normalized spacial score (nSPS) is 11.3. The molecular weight excluding hydrogens is 304 g/mol. The van der Waals surface area contributed by atoms with E-state index in [4.69, 9.17) is 0 Å². The van der Waals surface area contributed by atoms with E-state index in [1.165, 1.54) is 109 Å². The molecule has 0 aliphatic carbocycles. The number of imidazole rings is 1. The van der Waals surface area contributed by atoms with Gasteiger partial charge >= 0.3 is 0 Å². The van der Waals surface area contributed by atoms with E-state index in [9.17, 15) is 0 Å². The lowest BCUT2D eigenvalue weighted by Gasteiger charge is -2.06. The molecule has 0 fully saturated rings. The Balaban J connectivity index is 2.36. The average molecular weight is 350 g/mol. The fraction of sp³-hybridized carbons (Fsp3) is 0.870. The number of nitrogens with zero attached hydrogens (tertiary/aromatic N) is 2. The molecule has 1 aromatic rings. The maximum atomic E-state index is 2.55. The van der Waals surface area contributed by atoms with Gasteiger partial charge in [0.1, 0.15) is 12.4 Å². The second-order valence-corrected chi connectivity index (χ2v) is 7.74. The Morgan fingerprint density at radius 2 is 1.24 bits per heavy atom. The van der Waals surface area contributed by atoms with E-state index < -0.39 is 0 Å². The molecule has 1 heterocycles. The van der Waals surface area contributed by atoms with Crippen LogP contribution in [0.25, 0.3) is 0 Å². The minimum absolute atomic E-state index is 1.20. The van der Waals surface area contributed by atoms with Crippen LogP contribution in [0.15, 0.2) is 12.4 Å². The van der Waals surface area contributed by atoms with Gasteiger partial charge in [-0.1, -0.05) is 85.0 Å². The summed E-state index contributed by atoms with van der Waals surface area (Å²) >= 11 is 0. The first kappa shape index (κ1) is 22.3. The van der Waals surface area contributed by atoms with Crippen LogP contribution < -0.4 is 4.57 Å². The molecule has 1 aromatic heterocycles. The second-order valence-electron chi connectivity index (χ2n) is 7.74. The standard InChI is InChI=1S/C23H45N2/c1-4-7-10-12-13-14-15-17-20-25-22-21-24(19-9-6-3)23(25)18-16-11-8-5-2/h21-22H,4-20H2,1-3H3/q+1. The van der Waals surface area contributed by atoms with Crippen molar-refractivity contribution in [3.8, 4) is 0 Å². The quantitative estimate of drug-likeness (QED) is 0.215. The first-order valence-electron chi connectivity index (χ1n) is 11.4. The van der Waals surface area contributed by atoms with Crippen molar-refractivity contribution in [3.05, 3.63) is 18.2 Å². The second kappa shape index (κ2) is 15.5.